The van der Waals surface area contributed by atoms with E-state index in [0.29, 0.717) is 13.2 Å². The van der Waals surface area contributed by atoms with Gasteiger partial charge in [-0.15, -0.1) is 0 Å². The van der Waals surface area contributed by atoms with E-state index in [1.54, 1.807) is 0 Å². The largest absolute Gasteiger partial charge is 0.379 e. The monoisotopic (exact) mass is 231 g/mol. The fraction of sp³-hybridized carbons (Fsp3) is 1.00. The van der Waals surface area contributed by atoms with Crippen LogP contribution in [-0.4, -0.2) is 37.5 Å². The number of ether oxygens (including phenoxy) is 2. The summed E-state index contributed by atoms with van der Waals surface area (Å²) in [5.41, 5.74) is 0.145. The molecule has 0 rings (SSSR count). The first kappa shape index (κ1) is 15.9. The van der Waals surface area contributed by atoms with Crippen LogP contribution in [0.25, 0.3) is 0 Å². The van der Waals surface area contributed by atoms with Crippen molar-refractivity contribution in [2.24, 2.45) is 0 Å². The number of nitrogens with one attached hydrogen (secondary N) is 1. The molecule has 3 heteroatoms. The first-order chi connectivity index (χ1) is 7.21. The average molecular weight is 231 g/mol. The molecule has 0 aliphatic carbocycles. The van der Waals surface area contributed by atoms with Gasteiger partial charge in [0.05, 0.1) is 18.8 Å². The summed E-state index contributed by atoms with van der Waals surface area (Å²) in [4.78, 5) is 0. The van der Waals surface area contributed by atoms with Crippen molar-refractivity contribution in [1.82, 2.24) is 5.32 Å². The van der Waals surface area contributed by atoms with E-state index in [-0.39, 0.29) is 11.1 Å². The van der Waals surface area contributed by atoms with Crippen molar-refractivity contribution in [2.45, 2.75) is 59.1 Å². The summed E-state index contributed by atoms with van der Waals surface area (Å²) in [5, 5.41) is 3.43. The van der Waals surface area contributed by atoms with E-state index in [4.69, 9.17) is 9.47 Å². The van der Waals surface area contributed by atoms with Gasteiger partial charge in [-0.3, -0.25) is 0 Å². The summed E-state index contributed by atoms with van der Waals surface area (Å²) in [6, 6.07) is 0. The first-order valence-electron chi connectivity index (χ1n) is 6.17. The van der Waals surface area contributed by atoms with Crippen molar-refractivity contribution in [3.63, 3.8) is 0 Å². The van der Waals surface area contributed by atoms with E-state index in [9.17, 15) is 0 Å². The zero-order chi connectivity index (χ0) is 12.7. The Kier molecular flexibility index (Phi) is 7.20. The van der Waals surface area contributed by atoms with Crippen molar-refractivity contribution in [3.05, 3.63) is 0 Å². The van der Waals surface area contributed by atoms with Crippen molar-refractivity contribution in [2.75, 3.05) is 26.4 Å². The number of hydrogen-bond donors (Lipinski definition) is 1. The Morgan fingerprint density at radius 1 is 0.875 bits per heavy atom. The van der Waals surface area contributed by atoms with Gasteiger partial charge in [0.25, 0.3) is 0 Å². The van der Waals surface area contributed by atoms with Gasteiger partial charge in [-0.05, 0) is 54.5 Å². The van der Waals surface area contributed by atoms with Crippen LogP contribution in [0.3, 0.4) is 0 Å². The molecule has 0 aromatic heterocycles. The Morgan fingerprint density at radius 3 is 2.00 bits per heavy atom. The minimum absolute atomic E-state index is 0.0584. The lowest BCUT2D eigenvalue weighted by molar-refractivity contribution is -0.0350. The Balaban J connectivity index is 3.17. The summed E-state index contributed by atoms with van der Waals surface area (Å²) in [6.45, 7) is 15.9. The van der Waals surface area contributed by atoms with Crippen LogP contribution in [0.1, 0.15) is 48.0 Å². The summed E-state index contributed by atoms with van der Waals surface area (Å²) < 4.78 is 11.0. The lowest BCUT2D eigenvalue weighted by Gasteiger charge is -2.21. The quantitative estimate of drug-likeness (QED) is 0.683. The van der Waals surface area contributed by atoms with Gasteiger partial charge in [0.15, 0.2) is 0 Å². The van der Waals surface area contributed by atoms with Crippen LogP contribution in [0.5, 0.6) is 0 Å². The summed E-state index contributed by atoms with van der Waals surface area (Å²) in [6.07, 6.45) is 1.05. The molecule has 0 fully saturated rings. The zero-order valence-corrected chi connectivity index (χ0v) is 11.9. The molecule has 0 aromatic rings. The molecule has 0 spiro atoms. The molecule has 0 amide bonds. The van der Waals surface area contributed by atoms with Crippen LogP contribution in [0, 0.1) is 0 Å². The van der Waals surface area contributed by atoms with Crippen LogP contribution in [0.2, 0.25) is 0 Å². The predicted octanol–water partition coefficient (Wildman–Crippen LogP) is 2.60. The highest BCUT2D eigenvalue weighted by Gasteiger charge is 2.09. The van der Waals surface area contributed by atoms with E-state index in [0.717, 1.165) is 19.6 Å². The fourth-order valence-electron chi connectivity index (χ4n) is 1.15. The molecular formula is C13H29NO2. The average Bonchev–Trinajstić information content (AvgIpc) is 2.06. The molecule has 0 atom stereocenters. The van der Waals surface area contributed by atoms with Crippen LogP contribution < -0.4 is 5.32 Å². The van der Waals surface area contributed by atoms with Gasteiger partial charge < -0.3 is 14.8 Å². The Labute approximate surface area is 101 Å². The second-order valence-electron chi connectivity index (χ2n) is 6.10. The maximum absolute atomic E-state index is 5.55. The molecule has 0 aromatic carbocycles. The summed E-state index contributed by atoms with van der Waals surface area (Å²) >= 11 is 0. The molecule has 0 aliphatic heterocycles. The molecule has 0 heterocycles. The van der Waals surface area contributed by atoms with Crippen LogP contribution in [0.15, 0.2) is 0 Å². The maximum atomic E-state index is 5.55. The third-order valence-electron chi connectivity index (χ3n) is 1.88. The van der Waals surface area contributed by atoms with Crippen LogP contribution >= 0.6 is 0 Å². The second-order valence-corrected chi connectivity index (χ2v) is 6.10. The van der Waals surface area contributed by atoms with Gasteiger partial charge in [0, 0.05) is 12.1 Å². The van der Waals surface area contributed by atoms with Crippen LogP contribution in [-0.2, 0) is 9.47 Å². The molecular weight excluding hydrogens is 202 g/mol. The highest BCUT2D eigenvalue weighted by Crippen LogP contribution is 2.05. The standard InChI is InChI=1S/C13H29NO2/c1-12(2,3)14-8-7-9-15-10-11-16-13(4,5)6/h14H,7-11H2,1-6H3. The summed E-state index contributed by atoms with van der Waals surface area (Å²) in [5.74, 6) is 0. The zero-order valence-electron chi connectivity index (χ0n) is 11.9. The van der Waals surface area contributed by atoms with E-state index in [1.165, 1.54) is 0 Å². The summed E-state index contributed by atoms with van der Waals surface area (Å²) in [7, 11) is 0. The smallest absolute Gasteiger partial charge is 0.0707 e. The first-order valence-corrected chi connectivity index (χ1v) is 6.17. The molecule has 0 saturated heterocycles. The third kappa shape index (κ3) is 13.9. The van der Waals surface area contributed by atoms with E-state index < -0.39 is 0 Å². The van der Waals surface area contributed by atoms with Crippen molar-refractivity contribution < 1.29 is 9.47 Å². The second kappa shape index (κ2) is 7.25. The van der Waals surface area contributed by atoms with Crippen molar-refractivity contribution >= 4 is 0 Å². The van der Waals surface area contributed by atoms with Gasteiger partial charge in [-0.2, -0.15) is 0 Å². The molecule has 1 N–H and O–H groups in total. The van der Waals surface area contributed by atoms with Gasteiger partial charge in [-0.25, -0.2) is 0 Å². The third-order valence-corrected chi connectivity index (χ3v) is 1.88. The SMILES string of the molecule is CC(C)(C)NCCCOCCOC(C)(C)C. The fourth-order valence-corrected chi connectivity index (χ4v) is 1.15. The molecule has 98 valence electrons. The lowest BCUT2D eigenvalue weighted by atomic mass is 10.1. The Bertz CT molecular complexity index is 148. The van der Waals surface area contributed by atoms with E-state index >= 15 is 0 Å². The highest BCUT2D eigenvalue weighted by atomic mass is 16.5. The van der Waals surface area contributed by atoms with Gasteiger partial charge in [0.1, 0.15) is 0 Å². The number of hydrogen-bond acceptors (Lipinski definition) is 3. The molecule has 0 saturated carbocycles. The van der Waals surface area contributed by atoms with Gasteiger partial charge in [0.2, 0.25) is 0 Å². The van der Waals surface area contributed by atoms with Crippen molar-refractivity contribution in [3.8, 4) is 0 Å². The number of rotatable bonds is 7. The van der Waals surface area contributed by atoms with Gasteiger partial charge >= 0.3 is 0 Å². The maximum Gasteiger partial charge on any atom is 0.0707 e. The molecule has 16 heavy (non-hydrogen) atoms. The minimum atomic E-state index is -0.0584. The van der Waals surface area contributed by atoms with E-state index in [2.05, 4.69) is 46.9 Å². The lowest BCUT2D eigenvalue weighted by Crippen LogP contribution is -2.36. The topological polar surface area (TPSA) is 30.5 Å². The van der Waals surface area contributed by atoms with Crippen molar-refractivity contribution in [1.29, 1.82) is 0 Å². The molecule has 0 radical (unpaired) electrons. The Morgan fingerprint density at radius 2 is 1.50 bits per heavy atom. The normalized spacial score (nSPS) is 13.1. The van der Waals surface area contributed by atoms with Gasteiger partial charge in [-0.1, -0.05) is 0 Å². The van der Waals surface area contributed by atoms with E-state index in [1.807, 2.05) is 0 Å². The molecule has 0 unspecified atom stereocenters. The predicted molar refractivity (Wildman–Crippen MR) is 68.9 cm³/mol. The molecule has 0 aliphatic rings. The Hall–Kier alpha value is -0.120. The highest BCUT2D eigenvalue weighted by molar-refractivity contribution is 4.69. The van der Waals surface area contributed by atoms with Crippen LogP contribution in [0.4, 0.5) is 0 Å². The minimum Gasteiger partial charge on any atom is -0.379 e. The molecule has 0 bridgehead atoms. The molecule has 3 nitrogen and oxygen atoms in total.